The molecule has 0 saturated carbocycles. The van der Waals surface area contributed by atoms with E-state index in [2.05, 4.69) is 31.2 Å². The van der Waals surface area contributed by atoms with Gasteiger partial charge in [0.25, 0.3) is 0 Å². The van der Waals surface area contributed by atoms with Crippen molar-refractivity contribution in [3.05, 3.63) is 65.7 Å². The lowest BCUT2D eigenvalue weighted by Gasteiger charge is -2.06. The molecule has 132 valence electrons. The number of fused-ring (bicyclic) bond motifs is 2. The van der Waals surface area contributed by atoms with Crippen molar-refractivity contribution in [1.29, 1.82) is 0 Å². The molecule has 0 spiro atoms. The zero-order valence-electron chi connectivity index (χ0n) is 15.6. The highest BCUT2D eigenvalue weighted by atomic mass is 16.7. The first-order chi connectivity index (χ1) is 12.2. The average Bonchev–Trinajstić information content (AvgIpc) is 3.10. The molecule has 0 aromatic heterocycles. The van der Waals surface area contributed by atoms with Gasteiger partial charge >= 0.3 is 0 Å². The number of methoxy groups -OCH3 is 1. The first kappa shape index (κ1) is 18.7. The third kappa shape index (κ3) is 4.66. The number of benzene rings is 3. The number of hydrogen-bond acceptors (Lipinski definition) is 3. The Morgan fingerprint density at radius 1 is 0.800 bits per heavy atom. The summed E-state index contributed by atoms with van der Waals surface area (Å²) in [6.07, 6.45) is 0. The lowest BCUT2D eigenvalue weighted by Crippen LogP contribution is -1.92. The Balaban J connectivity index is 0.000000168. The summed E-state index contributed by atoms with van der Waals surface area (Å²) in [5, 5.41) is 2.41. The molecule has 4 rings (SSSR count). The Morgan fingerprint density at radius 2 is 1.52 bits per heavy atom. The minimum Gasteiger partial charge on any atom is -0.496 e. The predicted molar refractivity (Wildman–Crippen MR) is 104 cm³/mol. The molecule has 3 nitrogen and oxygen atoms in total. The third-order valence-corrected chi connectivity index (χ3v) is 3.72. The molecule has 0 atom stereocenters. The van der Waals surface area contributed by atoms with Crippen molar-refractivity contribution < 1.29 is 14.2 Å². The SMILES string of the molecule is CC.COc1cc(C)cc2ccccc12.Cc1ccc2c(c1)OCO2. The van der Waals surface area contributed by atoms with Gasteiger partial charge in [-0.05, 0) is 48.6 Å². The highest BCUT2D eigenvalue weighted by molar-refractivity contribution is 5.88. The van der Waals surface area contributed by atoms with Gasteiger partial charge in [0.1, 0.15) is 5.75 Å². The summed E-state index contributed by atoms with van der Waals surface area (Å²) in [5.41, 5.74) is 2.43. The number of hydrogen-bond donors (Lipinski definition) is 0. The number of ether oxygens (including phenoxy) is 3. The first-order valence-corrected chi connectivity index (χ1v) is 8.57. The second-order valence-corrected chi connectivity index (χ2v) is 5.55. The summed E-state index contributed by atoms with van der Waals surface area (Å²) in [6, 6.07) is 18.4. The Bertz CT molecular complexity index is 825. The molecule has 0 bridgehead atoms. The van der Waals surface area contributed by atoms with E-state index >= 15 is 0 Å². The lowest BCUT2D eigenvalue weighted by atomic mass is 10.1. The van der Waals surface area contributed by atoms with Crippen LogP contribution in [0.3, 0.4) is 0 Å². The van der Waals surface area contributed by atoms with E-state index in [9.17, 15) is 0 Å². The molecule has 0 aliphatic carbocycles. The molecular weight excluding hydrogens is 312 g/mol. The molecule has 0 unspecified atom stereocenters. The van der Waals surface area contributed by atoms with Gasteiger partial charge in [-0.15, -0.1) is 0 Å². The summed E-state index contributed by atoms with van der Waals surface area (Å²) < 4.78 is 15.6. The Labute approximate surface area is 150 Å². The van der Waals surface area contributed by atoms with Crippen LogP contribution in [-0.2, 0) is 0 Å². The van der Waals surface area contributed by atoms with Crippen molar-refractivity contribution in [1.82, 2.24) is 0 Å². The molecule has 0 amide bonds. The van der Waals surface area contributed by atoms with E-state index in [0.717, 1.165) is 17.2 Å². The topological polar surface area (TPSA) is 27.7 Å². The molecule has 0 radical (unpaired) electrons. The second-order valence-electron chi connectivity index (χ2n) is 5.55. The van der Waals surface area contributed by atoms with Crippen LogP contribution in [0.15, 0.2) is 54.6 Å². The fraction of sp³-hybridized carbons (Fsp3) is 0.273. The monoisotopic (exact) mass is 338 g/mol. The Kier molecular flexibility index (Phi) is 6.70. The van der Waals surface area contributed by atoms with E-state index in [1.165, 1.54) is 21.9 Å². The molecule has 3 heteroatoms. The average molecular weight is 338 g/mol. The standard InChI is InChI=1S/C12H12O.C8H8O2.C2H6/c1-9-7-10-5-3-4-6-11(10)12(8-9)13-2;1-6-2-3-7-8(4-6)10-5-9-7;1-2/h3-8H,1-2H3;2-4H,5H2,1H3;1-2H3. The van der Waals surface area contributed by atoms with Crippen LogP contribution in [0, 0.1) is 13.8 Å². The normalized spacial score (nSPS) is 11.1. The van der Waals surface area contributed by atoms with Crippen molar-refractivity contribution in [2.24, 2.45) is 0 Å². The summed E-state index contributed by atoms with van der Waals surface area (Å²) in [5.74, 6) is 2.67. The minimum atomic E-state index is 0.360. The highest BCUT2D eigenvalue weighted by Gasteiger charge is 2.11. The van der Waals surface area contributed by atoms with Crippen LogP contribution in [0.2, 0.25) is 0 Å². The van der Waals surface area contributed by atoms with Gasteiger partial charge in [-0.2, -0.15) is 0 Å². The largest absolute Gasteiger partial charge is 0.496 e. The zero-order valence-corrected chi connectivity index (χ0v) is 15.6. The second kappa shape index (κ2) is 8.97. The highest BCUT2D eigenvalue weighted by Crippen LogP contribution is 2.32. The van der Waals surface area contributed by atoms with Gasteiger partial charge in [-0.1, -0.05) is 50.2 Å². The molecule has 3 aromatic rings. The fourth-order valence-electron chi connectivity index (χ4n) is 2.59. The molecule has 0 fully saturated rings. The fourth-order valence-corrected chi connectivity index (χ4v) is 2.59. The molecule has 25 heavy (non-hydrogen) atoms. The summed E-state index contributed by atoms with van der Waals surface area (Å²) in [4.78, 5) is 0. The van der Waals surface area contributed by atoms with Gasteiger partial charge in [0, 0.05) is 5.39 Å². The van der Waals surface area contributed by atoms with Crippen LogP contribution < -0.4 is 14.2 Å². The predicted octanol–water partition coefficient (Wildman–Crippen LogP) is 5.91. The minimum absolute atomic E-state index is 0.360. The number of aryl methyl sites for hydroxylation is 2. The van der Waals surface area contributed by atoms with Crippen LogP contribution in [0.5, 0.6) is 17.2 Å². The Hall–Kier alpha value is -2.68. The van der Waals surface area contributed by atoms with E-state index < -0.39 is 0 Å². The summed E-state index contributed by atoms with van der Waals surface area (Å²) >= 11 is 0. The van der Waals surface area contributed by atoms with Crippen LogP contribution in [0.1, 0.15) is 25.0 Å². The molecule has 0 N–H and O–H groups in total. The van der Waals surface area contributed by atoms with Crippen LogP contribution >= 0.6 is 0 Å². The van der Waals surface area contributed by atoms with Crippen molar-refractivity contribution in [3.63, 3.8) is 0 Å². The van der Waals surface area contributed by atoms with E-state index in [-0.39, 0.29) is 0 Å². The molecule has 1 aliphatic heterocycles. The molecular formula is C22H26O3. The van der Waals surface area contributed by atoms with Gasteiger partial charge in [-0.25, -0.2) is 0 Å². The van der Waals surface area contributed by atoms with Crippen molar-refractivity contribution in [2.75, 3.05) is 13.9 Å². The van der Waals surface area contributed by atoms with Gasteiger partial charge < -0.3 is 14.2 Å². The van der Waals surface area contributed by atoms with Crippen molar-refractivity contribution in [2.45, 2.75) is 27.7 Å². The van der Waals surface area contributed by atoms with E-state index in [4.69, 9.17) is 14.2 Å². The summed E-state index contributed by atoms with van der Waals surface area (Å²) in [7, 11) is 1.71. The number of rotatable bonds is 1. The van der Waals surface area contributed by atoms with Crippen LogP contribution in [0.4, 0.5) is 0 Å². The Morgan fingerprint density at radius 3 is 2.28 bits per heavy atom. The summed E-state index contributed by atoms with van der Waals surface area (Å²) in [6.45, 7) is 8.47. The van der Waals surface area contributed by atoms with Crippen molar-refractivity contribution in [3.8, 4) is 17.2 Å². The van der Waals surface area contributed by atoms with Gasteiger partial charge in [0.2, 0.25) is 6.79 Å². The van der Waals surface area contributed by atoms with E-state index in [1.807, 2.05) is 51.1 Å². The molecule has 3 aromatic carbocycles. The third-order valence-electron chi connectivity index (χ3n) is 3.72. The van der Waals surface area contributed by atoms with Gasteiger partial charge in [0.15, 0.2) is 11.5 Å². The maximum absolute atomic E-state index is 5.31. The molecule has 1 aliphatic rings. The maximum atomic E-state index is 5.31. The lowest BCUT2D eigenvalue weighted by molar-refractivity contribution is 0.174. The van der Waals surface area contributed by atoms with Gasteiger partial charge in [-0.3, -0.25) is 0 Å². The van der Waals surface area contributed by atoms with Crippen LogP contribution in [0.25, 0.3) is 10.8 Å². The van der Waals surface area contributed by atoms with E-state index in [1.54, 1.807) is 7.11 Å². The maximum Gasteiger partial charge on any atom is 0.231 e. The smallest absolute Gasteiger partial charge is 0.231 e. The zero-order chi connectivity index (χ0) is 18.2. The molecule has 1 heterocycles. The first-order valence-electron chi connectivity index (χ1n) is 8.57. The quantitative estimate of drug-likeness (QED) is 0.552. The molecule has 0 saturated heterocycles. The van der Waals surface area contributed by atoms with Gasteiger partial charge in [0.05, 0.1) is 7.11 Å². The van der Waals surface area contributed by atoms with Crippen LogP contribution in [-0.4, -0.2) is 13.9 Å². The van der Waals surface area contributed by atoms with Crippen molar-refractivity contribution >= 4 is 10.8 Å². The van der Waals surface area contributed by atoms with E-state index in [0.29, 0.717) is 6.79 Å².